The van der Waals surface area contributed by atoms with Gasteiger partial charge in [0.05, 0.1) is 16.8 Å². The second-order valence-electron chi connectivity index (χ2n) is 6.91. The number of carbonyl (C=O) groups is 3. The quantitative estimate of drug-likeness (QED) is 0.680. The molecule has 0 unspecified atom stereocenters. The lowest BCUT2D eigenvalue weighted by molar-refractivity contribution is 0.0923. The van der Waals surface area contributed by atoms with Crippen molar-refractivity contribution in [1.82, 2.24) is 5.32 Å². The number of ether oxygens (including phenoxy) is 2. The first-order valence-electron chi connectivity index (χ1n) is 9.36. The number of nitrogens with one attached hydrogen (secondary N) is 1. The van der Waals surface area contributed by atoms with Crippen molar-refractivity contribution >= 4 is 23.4 Å². The summed E-state index contributed by atoms with van der Waals surface area (Å²) in [6, 6.07) is 18.6. The molecular formula is C23H16N2O5. The van der Waals surface area contributed by atoms with Gasteiger partial charge in [0.25, 0.3) is 17.7 Å². The maximum absolute atomic E-state index is 12.6. The zero-order chi connectivity index (χ0) is 20.7. The van der Waals surface area contributed by atoms with E-state index in [2.05, 4.69) is 5.32 Å². The van der Waals surface area contributed by atoms with Crippen LogP contribution in [0.4, 0.5) is 5.69 Å². The van der Waals surface area contributed by atoms with Crippen LogP contribution in [0.2, 0.25) is 0 Å². The van der Waals surface area contributed by atoms with Crippen LogP contribution in [0.1, 0.15) is 36.6 Å². The molecular weight excluding hydrogens is 384 g/mol. The molecule has 7 nitrogen and oxygen atoms in total. The molecule has 5 rings (SSSR count). The van der Waals surface area contributed by atoms with E-state index in [-0.39, 0.29) is 24.5 Å². The molecule has 1 N–H and O–H groups in total. The van der Waals surface area contributed by atoms with E-state index in [0.717, 1.165) is 10.5 Å². The Bertz CT molecular complexity index is 1150. The predicted molar refractivity (Wildman–Crippen MR) is 108 cm³/mol. The number of rotatable bonds is 4. The average Bonchev–Trinajstić information content (AvgIpc) is 3.35. The van der Waals surface area contributed by atoms with Crippen molar-refractivity contribution < 1.29 is 23.9 Å². The third kappa shape index (κ3) is 2.97. The van der Waals surface area contributed by atoms with Crippen LogP contribution in [0.5, 0.6) is 11.5 Å². The SMILES string of the molecule is O=C(NCc1ccc2c(c1)OCO2)c1ccc(N2C(=O)c3ccccc3C2=O)cc1. The van der Waals surface area contributed by atoms with Gasteiger partial charge in [0.1, 0.15) is 0 Å². The zero-order valence-electron chi connectivity index (χ0n) is 15.8. The van der Waals surface area contributed by atoms with E-state index in [1.807, 2.05) is 12.1 Å². The Morgan fingerprint density at radius 2 is 1.53 bits per heavy atom. The summed E-state index contributed by atoms with van der Waals surface area (Å²) < 4.78 is 10.6. The summed E-state index contributed by atoms with van der Waals surface area (Å²) in [6.07, 6.45) is 0. The first-order chi connectivity index (χ1) is 14.6. The van der Waals surface area contributed by atoms with Crippen molar-refractivity contribution in [1.29, 1.82) is 0 Å². The summed E-state index contributed by atoms with van der Waals surface area (Å²) in [5.41, 5.74) is 2.50. The Hall–Kier alpha value is -4.13. The number of hydrogen-bond donors (Lipinski definition) is 1. The van der Waals surface area contributed by atoms with E-state index >= 15 is 0 Å². The molecule has 7 heteroatoms. The number of nitrogens with zero attached hydrogens (tertiary/aromatic N) is 1. The molecule has 148 valence electrons. The van der Waals surface area contributed by atoms with Crippen LogP contribution in [0, 0.1) is 0 Å². The minimum absolute atomic E-state index is 0.199. The number of carbonyl (C=O) groups excluding carboxylic acids is 3. The predicted octanol–water partition coefficient (Wildman–Crippen LogP) is 3.15. The van der Waals surface area contributed by atoms with Crippen molar-refractivity contribution in [3.8, 4) is 11.5 Å². The monoisotopic (exact) mass is 400 g/mol. The van der Waals surface area contributed by atoms with Crippen molar-refractivity contribution in [2.24, 2.45) is 0 Å². The van der Waals surface area contributed by atoms with Gasteiger partial charge < -0.3 is 14.8 Å². The van der Waals surface area contributed by atoms with Crippen molar-refractivity contribution in [2.75, 3.05) is 11.7 Å². The summed E-state index contributed by atoms with van der Waals surface area (Å²) in [4.78, 5) is 38.7. The molecule has 0 fully saturated rings. The standard InChI is InChI=1S/C23H16N2O5/c26-21(24-12-14-5-10-19-20(11-14)30-13-29-19)15-6-8-16(9-7-15)25-22(27)17-3-1-2-4-18(17)23(25)28/h1-11H,12-13H2,(H,24,26). The number of benzene rings is 3. The number of amides is 3. The summed E-state index contributed by atoms with van der Waals surface area (Å²) >= 11 is 0. The highest BCUT2D eigenvalue weighted by Crippen LogP contribution is 2.32. The first kappa shape index (κ1) is 17.9. The van der Waals surface area contributed by atoms with Crippen LogP contribution in [0.15, 0.2) is 66.7 Å². The Morgan fingerprint density at radius 3 is 2.23 bits per heavy atom. The molecule has 0 radical (unpaired) electrons. The summed E-state index contributed by atoms with van der Waals surface area (Å²) in [7, 11) is 0. The maximum atomic E-state index is 12.6. The Kier molecular flexibility index (Phi) is 4.21. The molecule has 3 amide bonds. The molecule has 2 aliphatic rings. The molecule has 0 spiro atoms. The van der Waals surface area contributed by atoms with Gasteiger partial charge in [-0.15, -0.1) is 0 Å². The lowest BCUT2D eigenvalue weighted by Crippen LogP contribution is -2.29. The van der Waals surface area contributed by atoms with Crippen molar-refractivity contribution in [3.05, 3.63) is 89.0 Å². The van der Waals surface area contributed by atoms with Gasteiger partial charge in [0, 0.05) is 12.1 Å². The summed E-state index contributed by atoms with van der Waals surface area (Å²) in [5.74, 6) is 0.355. The fourth-order valence-corrected chi connectivity index (χ4v) is 3.52. The Labute approximate surface area is 171 Å². The van der Waals surface area contributed by atoms with Gasteiger partial charge in [-0.2, -0.15) is 0 Å². The van der Waals surface area contributed by atoms with E-state index in [0.29, 0.717) is 40.4 Å². The van der Waals surface area contributed by atoms with Gasteiger partial charge in [-0.05, 0) is 54.1 Å². The molecule has 0 bridgehead atoms. The topological polar surface area (TPSA) is 84.9 Å². The third-order valence-corrected chi connectivity index (χ3v) is 5.07. The van der Waals surface area contributed by atoms with Crippen LogP contribution in [-0.4, -0.2) is 24.5 Å². The van der Waals surface area contributed by atoms with Crippen LogP contribution in [0.25, 0.3) is 0 Å². The minimum Gasteiger partial charge on any atom is -0.454 e. The molecule has 0 saturated carbocycles. The number of hydrogen-bond acceptors (Lipinski definition) is 5. The number of imide groups is 1. The van der Waals surface area contributed by atoms with Crippen molar-refractivity contribution in [2.45, 2.75) is 6.54 Å². The van der Waals surface area contributed by atoms with Gasteiger partial charge in [0.2, 0.25) is 6.79 Å². The molecule has 0 saturated heterocycles. The largest absolute Gasteiger partial charge is 0.454 e. The zero-order valence-corrected chi connectivity index (χ0v) is 15.8. The van der Waals surface area contributed by atoms with Gasteiger partial charge >= 0.3 is 0 Å². The molecule has 3 aromatic rings. The van der Waals surface area contributed by atoms with Gasteiger partial charge in [-0.3, -0.25) is 14.4 Å². The molecule has 3 aromatic carbocycles. The van der Waals surface area contributed by atoms with Crippen LogP contribution < -0.4 is 19.7 Å². The molecule has 2 heterocycles. The normalized spacial score (nSPS) is 14.1. The van der Waals surface area contributed by atoms with Gasteiger partial charge in [-0.25, -0.2) is 4.90 Å². The average molecular weight is 400 g/mol. The van der Waals surface area contributed by atoms with Gasteiger partial charge in [0.15, 0.2) is 11.5 Å². The summed E-state index contributed by atoms with van der Waals surface area (Å²) in [6.45, 7) is 0.528. The van der Waals surface area contributed by atoms with Crippen LogP contribution in [-0.2, 0) is 6.54 Å². The van der Waals surface area contributed by atoms with Gasteiger partial charge in [-0.1, -0.05) is 18.2 Å². The number of anilines is 1. The molecule has 2 aliphatic heterocycles. The maximum Gasteiger partial charge on any atom is 0.266 e. The minimum atomic E-state index is -0.365. The summed E-state index contributed by atoms with van der Waals surface area (Å²) in [5, 5.41) is 2.84. The smallest absolute Gasteiger partial charge is 0.266 e. The Morgan fingerprint density at radius 1 is 0.867 bits per heavy atom. The van der Waals surface area contributed by atoms with Crippen LogP contribution >= 0.6 is 0 Å². The molecule has 0 atom stereocenters. The second kappa shape index (κ2) is 7.04. The van der Waals surface area contributed by atoms with E-state index in [1.54, 1.807) is 54.6 Å². The van der Waals surface area contributed by atoms with E-state index in [1.165, 1.54) is 0 Å². The number of fused-ring (bicyclic) bond motifs is 2. The highest BCUT2D eigenvalue weighted by atomic mass is 16.7. The third-order valence-electron chi connectivity index (χ3n) is 5.07. The van der Waals surface area contributed by atoms with E-state index < -0.39 is 0 Å². The fraction of sp³-hybridized carbons (Fsp3) is 0.0870. The van der Waals surface area contributed by atoms with Crippen molar-refractivity contribution in [3.63, 3.8) is 0 Å². The molecule has 0 aliphatic carbocycles. The first-order valence-corrected chi connectivity index (χ1v) is 9.36. The Balaban J connectivity index is 1.28. The highest BCUT2D eigenvalue weighted by molar-refractivity contribution is 6.34. The second-order valence-corrected chi connectivity index (χ2v) is 6.91. The van der Waals surface area contributed by atoms with E-state index in [4.69, 9.17) is 9.47 Å². The molecule has 30 heavy (non-hydrogen) atoms. The molecule has 0 aromatic heterocycles. The lowest BCUT2D eigenvalue weighted by atomic mass is 10.1. The fourth-order valence-electron chi connectivity index (χ4n) is 3.52. The van der Waals surface area contributed by atoms with Crippen LogP contribution in [0.3, 0.4) is 0 Å². The lowest BCUT2D eigenvalue weighted by Gasteiger charge is -2.14. The van der Waals surface area contributed by atoms with E-state index in [9.17, 15) is 14.4 Å². The highest BCUT2D eigenvalue weighted by Gasteiger charge is 2.36.